The van der Waals surface area contributed by atoms with E-state index in [0.29, 0.717) is 11.6 Å². The van der Waals surface area contributed by atoms with Crippen LogP contribution in [0.3, 0.4) is 0 Å². The molecule has 1 aliphatic rings. The summed E-state index contributed by atoms with van der Waals surface area (Å²) in [6, 6.07) is 0. The highest BCUT2D eigenvalue weighted by molar-refractivity contribution is 6.69. The molecule has 0 spiro atoms. The molecule has 1 rings (SSSR count). The zero-order chi connectivity index (χ0) is 10.1. The van der Waals surface area contributed by atoms with E-state index in [1.165, 1.54) is 6.08 Å². The van der Waals surface area contributed by atoms with E-state index in [9.17, 15) is 0 Å². The number of nitrogens with zero attached hydrogens (tertiary/aromatic N) is 1. The first-order valence-corrected chi connectivity index (χ1v) is 5.00. The third kappa shape index (κ3) is 3.94. The van der Waals surface area contributed by atoms with Crippen molar-refractivity contribution in [2.75, 3.05) is 0 Å². The van der Waals surface area contributed by atoms with Crippen molar-refractivity contribution in [3.05, 3.63) is 12.2 Å². The number of allylic oxidation sites excluding steroid dienone is 1. The predicted molar refractivity (Wildman–Crippen MR) is 56.8 cm³/mol. The van der Waals surface area contributed by atoms with Gasteiger partial charge in [0.2, 0.25) is 3.79 Å². The van der Waals surface area contributed by atoms with E-state index in [2.05, 4.69) is 5.16 Å². The fourth-order valence-corrected chi connectivity index (χ4v) is 1.36. The van der Waals surface area contributed by atoms with E-state index in [1.807, 2.05) is 0 Å². The summed E-state index contributed by atoms with van der Waals surface area (Å²) in [4.78, 5) is 5.04. The summed E-state index contributed by atoms with van der Waals surface area (Å²) in [5.41, 5.74) is -0.596. The average Bonchev–Trinajstić information content (AvgIpc) is 2.27. The first-order valence-electron chi connectivity index (χ1n) is 3.48. The van der Waals surface area contributed by atoms with E-state index in [-0.39, 0.29) is 0 Å². The normalized spacial score (nSPS) is 29.2. The second-order valence-electron chi connectivity index (χ2n) is 2.92. The van der Waals surface area contributed by atoms with Crippen molar-refractivity contribution in [1.82, 2.24) is 0 Å². The fourth-order valence-electron chi connectivity index (χ4n) is 0.868. The molecule has 0 amide bonds. The van der Waals surface area contributed by atoms with Crippen molar-refractivity contribution in [3.63, 3.8) is 0 Å². The maximum atomic E-state index is 5.64. The Bertz CT molecular complexity index is 258. The molecule has 0 N–H and O–H groups in total. The highest BCUT2D eigenvalue weighted by atomic mass is 35.6. The van der Waals surface area contributed by atoms with Crippen molar-refractivity contribution in [2.45, 2.75) is 22.7 Å². The van der Waals surface area contributed by atoms with Gasteiger partial charge in [-0.05, 0) is 19.1 Å². The summed E-state index contributed by atoms with van der Waals surface area (Å²) < 4.78 is -1.42. The summed E-state index contributed by atoms with van der Waals surface area (Å²) in [6.45, 7) is 1.80. The number of halogens is 4. The van der Waals surface area contributed by atoms with Crippen molar-refractivity contribution < 1.29 is 4.84 Å². The lowest BCUT2D eigenvalue weighted by Gasteiger charge is -2.16. The number of oxime groups is 1. The van der Waals surface area contributed by atoms with Crippen LogP contribution in [-0.2, 0) is 4.84 Å². The minimum absolute atomic E-state index is 0.413. The highest BCUT2D eigenvalue weighted by Crippen LogP contribution is 2.32. The maximum Gasteiger partial charge on any atom is 0.209 e. The van der Waals surface area contributed by atoms with Gasteiger partial charge < -0.3 is 4.84 Å². The second kappa shape index (κ2) is 3.85. The first kappa shape index (κ1) is 11.4. The van der Waals surface area contributed by atoms with Gasteiger partial charge in [0.1, 0.15) is 5.17 Å². The van der Waals surface area contributed by atoms with Crippen LogP contribution in [0.5, 0.6) is 0 Å². The Hall–Kier alpha value is 0.370. The fraction of sp³-hybridized carbons (Fsp3) is 0.571. The summed E-state index contributed by atoms with van der Waals surface area (Å²) >= 11 is 22.2. The zero-order valence-corrected chi connectivity index (χ0v) is 9.75. The number of hydrogen-bond acceptors (Lipinski definition) is 2. The third-order valence-electron chi connectivity index (χ3n) is 1.47. The Kier molecular flexibility index (Phi) is 3.39. The molecule has 0 radical (unpaired) electrons. The molecular weight excluding hydrogens is 256 g/mol. The van der Waals surface area contributed by atoms with Crippen LogP contribution in [0.4, 0.5) is 0 Å². The third-order valence-corrected chi connectivity index (χ3v) is 2.06. The van der Waals surface area contributed by atoms with Crippen LogP contribution in [0, 0.1) is 0 Å². The molecule has 0 bridgehead atoms. The second-order valence-corrected chi connectivity index (χ2v) is 5.73. The van der Waals surface area contributed by atoms with E-state index in [0.717, 1.165) is 0 Å². The topological polar surface area (TPSA) is 21.6 Å². The Balaban J connectivity index is 2.60. The van der Waals surface area contributed by atoms with Gasteiger partial charge in [-0.3, -0.25) is 0 Å². The van der Waals surface area contributed by atoms with Gasteiger partial charge in [-0.2, -0.15) is 0 Å². The molecule has 6 heteroatoms. The number of rotatable bonds is 1. The Morgan fingerprint density at radius 3 is 2.54 bits per heavy atom. The summed E-state index contributed by atoms with van der Waals surface area (Å²) in [6.07, 6.45) is 3.55. The molecule has 0 saturated heterocycles. The van der Waals surface area contributed by atoms with E-state index in [4.69, 9.17) is 51.2 Å². The van der Waals surface area contributed by atoms with Gasteiger partial charge in [-0.25, -0.2) is 0 Å². The number of hydrogen-bond donors (Lipinski definition) is 0. The predicted octanol–water partition coefficient (Wildman–Crippen LogP) is 3.64. The Morgan fingerprint density at radius 2 is 2.15 bits per heavy atom. The van der Waals surface area contributed by atoms with Crippen molar-refractivity contribution in [2.24, 2.45) is 5.16 Å². The van der Waals surface area contributed by atoms with Crippen LogP contribution < -0.4 is 0 Å². The molecule has 1 heterocycles. The minimum atomic E-state index is -1.42. The lowest BCUT2D eigenvalue weighted by atomic mass is 10.0. The van der Waals surface area contributed by atoms with Gasteiger partial charge in [-0.15, -0.1) is 0 Å². The molecule has 0 aromatic rings. The van der Waals surface area contributed by atoms with Crippen LogP contribution in [0.15, 0.2) is 17.3 Å². The molecule has 74 valence electrons. The number of alkyl halides is 3. The largest absolute Gasteiger partial charge is 0.384 e. The van der Waals surface area contributed by atoms with Gasteiger partial charge >= 0.3 is 0 Å². The van der Waals surface area contributed by atoms with Crippen molar-refractivity contribution in [1.29, 1.82) is 0 Å². The van der Waals surface area contributed by atoms with Gasteiger partial charge in [0.25, 0.3) is 0 Å². The van der Waals surface area contributed by atoms with Gasteiger partial charge in [0.15, 0.2) is 5.60 Å². The molecule has 13 heavy (non-hydrogen) atoms. The molecule has 1 aliphatic heterocycles. The molecule has 0 aliphatic carbocycles. The van der Waals surface area contributed by atoms with Crippen LogP contribution in [-0.4, -0.2) is 14.6 Å². The smallest absolute Gasteiger partial charge is 0.209 e. The molecular formula is C7H7Cl4NO. The van der Waals surface area contributed by atoms with Crippen LogP contribution in [0.2, 0.25) is 0 Å². The molecule has 1 atom stereocenters. The van der Waals surface area contributed by atoms with Gasteiger partial charge in [0, 0.05) is 0 Å². The molecule has 0 fully saturated rings. The molecule has 0 aromatic carbocycles. The van der Waals surface area contributed by atoms with Crippen LogP contribution in [0.1, 0.15) is 13.3 Å². The van der Waals surface area contributed by atoms with Gasteiger partial charge in [0.05, 0.1) is 6.42 Å². The summed E-state index contributed by atoms with van der Waals surface area (Å²) in [7, 11) is 0. The molecule has 0 saturated carbocycles. The standard InChI is InChI=1S/C7H7Cl4NO/c1-6(2-3-7(9,10)11)4-5(8)12-13-6/h2-3H,4H2,1H3/b3-2+. The lowest BCUT2D eigenvalue weighted by molar-refractivity contribution is 0.0361. The van der Waals surface area contributed by atoms with Crippen molar-refractivity contribution >= 4 is 51.6 Å². The molecule has 0 aromatic heterocycles. The SMILES string of the molecule is CC1(/C=C/C(Cl)(Cl)Cl)CC(Cl)=NO1. The van der Waals surface area contributed by atoms with E-state index in [1.54, 1.807) is 13.0 Å². The summed E-state index contributed by atoms with van der Waals surface area (Å²) in [5, 5.41) is 4.00. The van der Waals surface area contributed by atoms with Gasteiger partial charge in [-0.1, -0.05) is 51.6 Å². The minimum Gasteiger partial charge on any atom is -0.384 e. The van der Waals surface area contributed by atoms with E-state index < -0.39 is 9.39 Å². The Labute approximate surface area is 96.4 Å². The first-order chi connectivity index (χ1) is 5.81. The average molecular weight is 263 g/mol. The quantitative estimate of drug-likeness (QED) is 0.522. The van der Waals surface area contributed by atoms with Crippen LogP contribution in [0.25, 0.3) is 0 Å². The van der Waals surface area contributed by atoms with Crippen LogP contribution >= 0.6 is 46.4 Å². The molecule has 1 unspecified atom stereocenters. The molecule has 2 nitrogen and oxygen atoms in total. The highest BCUT2D eigenvalue weighted by Gasteiger charge is 2.32. The Morgan fingerprint density at radius 1 is 1.54 bits per heavy atom. The van der Waals surface area contributed by atoms with Crippen molar-refractivity contribution in [3.8, 4) is 0 Å². The maximum absolute atomic E-state index is 5.64. The van der Waals surface area contributed by atoms with E-state index >= 15 is 0 Å². The lowest BCUT2D eigenvalue weighted by Crippen LogP contribution is -2.21. The summed E-state index contributed by atoms with van der Waals surface area (Å²) in [5.74, 6) is 0. The monoisotopic (exact) mass is 261 g/mol. The zero-order valence-electron chi connectivity index (χ0n) is 6.73.